The highest BCUT2D eigenvalue weighted by Gasteiger charge is 2.22. The largest absolute Gasteiger partial charge is 0.347 e. The highest BCUT2D eigenvalue weighted by Crippen LogP contribution is 2.29. The van der Waals surface area contributed by atoms with Gasteiger partial charge in [-0.05, 0) is 46.0 Å². The topological polar surface area (TPSA) is 59.3 Å². The van der Waals surface area contributed by atoms with Crippen LogP contribution in [0.25, 0.3) is 10.9 Å². The van der Waals surface area contributed by atoms with Gasteiger partial charge in [0.1, 0.15) is 5.82 Å². The molecule has 1 heterocycles. The molecule has 2 aromatic rings. The Labute approximate surface area is 131 Å². The standard InChI is InChI=1S/C14H17BrFNO3S/c1-14(2,4-6-21(18,19)20)9-17-5-3-10-7-12(16)11(15)8-13(10)17/h3,5,7-8H,4,6,9H2,1-2H3,(H,18,19,20). The Hall–Kier alpha value is -0.920. The predicted molar refractivity (Wildman–Crippen MR) is 84.4 cm³/mol. The van der Waals surface area contributed by atoms with Crippen molar-refractivity contribution in [3.05, 3.63) is 34.7 Å². The predicted octanol–water partition coefficient (Wildman–Crippen LogP) is 3.85. The van der Waals surface area contributed by atoms with E-state index >= 15 is 0 Å². The molecule has 4 nitrogen and oxygen atoms in total. The van der Waals surface area contributed by atoms with E-state index in [1.807, 2.05) is 30.7 Å². The van der Waals surface area contributed by atoms with Crippen LogP contribution < -0.4 is 0 Å². The first-order valence-electron chi connectivity index (χ1n) is 6.46. The summed E-state index contributed by atoms with van der Waals surface area (Å²) in [7, 11) is -3.96. The van der Waals surface area contributed by atoms with Gasteiger partial charge in [0.25, 0.3) is 10.1 Å². The molecule has 1 aromatic carbocycles. The summed E-state index contributed by atoms with van der Waals surface area (Å²) in [5.41, 5.74) is 0.561. The lowest BCUT2D eigenvalue weighted by Gasteiger charge is -2.25. The van der Waals surface area contributed by atoms with E-state index in [-0.39, 0.29) is 17.0 Å². The number of halogens is 2. The van der Waals surface area contributed by atoms with Crippen molar-refractivity contribution in [3.8, 4) is 0 Å². The van der Waals surface area contributed by atoms with Gasteiger partial charge >= 0.3 is 0 Å². The van der Waals surface area contributed by atoms with Gasteiger partial charge in [-0.3, -0.25) is 4.55 Å². The molecule has 2 rings (SSSR count). The average molecular weight is 378 g/mol. The van der Waals surface area contributed by atoms with E-state index in [1.54, 1.807) is 6.07 Å². The Morgan fingerprint density at radius 3 is 2.67 bits per heavy atom. The molecule has 7 heteroatoms. The molecule has 0 aliphatic carbocycles. The molecule has 0 fully saturated rings. The van der Waals surface area contributed by atoms with Gasteiger partial charge in [-0.1, -0.05) is 13.8 Å². The van der Waals surface area contributed by atoms with Crippen LogP contribution in [0.2, 0.25) is 0 Å². The number of benzene rings is 1. The zero-order valence-corrected chi connectivity index (χ0v) is 14.2. The maximum atomic E-state index is 13.5. The van der Waals surface area contributed by atoms with Gasteiger partial charge in [0.15, 0.2) is 0 Å². The maximum Gasteiger partial charge on any atom is 0.264 e. The van der Waals surface area contributed by atoms with E-state index in [9.17, 15) is 12.8 Å². The van der Waals surface area contributed by atoms with Gasteiger partial charge in [-0.25, -0.2) is 4.39 Å². The molecule has 1 N–H and O–H groups in total. The molecule has 0 saturated carbocycles. The zero-order chi connectivity index (χ0) is 15.8. The number of rotatable bonds is 5. The lowest BCUT2D eigenvalue weighted by molar-refractivity contribution is 0.297. The summed E-state index contributed by atoms with van der Waals surface area (Å²) < 4.78 is 46.5. The third kappa shape index (κ3) is 4.28. The second-order valence-electron chi connectivity index (χ2n) is 5.97. The summed E-state index contributed by atoms with van der Waals surface area (Å²) >= 11 is 3.17. The van der Waals surface area contributed by atoms with Gasteiger partial charge in [0.05, 0.1) is 10.2 Å². The summed E-state index contributed by atoms with van der Waals surface area (Å²) in [5, 5.41) is 0.793. The van der Waals surface area contributed by atoms with Crippen molar-refractivity contribution in [2.24, 2.45) is 5.41 Å². The SMILES string of the molecule is CC(C)(CCS(=O)(=O)O)Cn1ccc2cc(F)c(Br)cc21. The number of nitrogens with zero attached hydrogens (tertiary/aromatic N) is 1. The van der Waals surface area contributed by atoms with Crippen LogP contribution >= 0.6 is 15.9 Å². The molecule has 0 bridgehead atoms. The van der Waals surface area contributed by atoms with Gasteiger partial charge in [0.2, 0.25) is 0 Å². The Morgan fingerprint density at radius 1 is 1.38 bits per heavy atom. The zero-order valence-electron chi connectivity index (χ0n) is 11.8. The van der Waals surface area contributed by atoms with E-state index in [1.165, 1.54) is 6.07 Å². The Balaban J connectivity index is 2.25. The minimum absolute atomic E-state index is 0.266. The van der Waals surface area contributed by atoms with Crippen molar-refractivity contribution >= 4 is 37.0 Å². The monoisotopic (exact) mass is 377 g/mol. The molecule has 0 amide bonds. The fraction of sp³-hybridized carbons (Fsp3) is 0.429. The van der Waals surface area contributed by atoms with Crippen LogP contribution in [0.15, 0.2) is 28.9 Å². The van der Waals surface area contributed by atoms with Gasteiger partial charge in [-0.15, -0.1) is 0 Å². The molecule has 0 radical (unpaired) electrons. The third-order valence-electron chi connectivity index (χ3n) is 3.45. The quantitative estimate of drug-likeness (QED) is 0.805. The van der Waals surface area contributed by atoms with E-state index in [2.05, 4.69) is 15.9 Å². The van der Waals surface area contributed by atoms with Crippen molar-refractivity contribution in [1.29, 1.82) is 0 Å². The van der Waals surface area contributed by atoms with Crippen molar-refractivity contribution in [2.75, 3.05) is 5.75 Å². The molecule has 21 heavy (non-hydrogen) atoms. The van der Waals surface area contributed by atoms with E-state index < -0.39 is 10.1 Å². The van der Waals surface area contributed by atoms with Gasteiger partial charge < -0.3 is 4.57 Å². The van der Waals surface area contributed by atoms with Gasteiger partial charge in [0, 0.05) is 23.6 Å². The highest BCUT2D eigenvalue weighted by atomic mass is 79.9. The second-order valence-corrected chi connectivity index (χ2v) is 8.40. The molecule has 0 aliphatic rings. The Kier molecular flexibility index (Phi) is 4.46. The number of aromatic nitrogens is 1. The minimum atomic E-state index is -3.96. The number of hydrogen-bond donors (Lipinski definition) is 1. The lowest BCUT2D eigenvalue weighted by Crippen LogP contribution is -2.23. The smallest absolute Gasteiger partial charge is 0.264 e. The van der Waals surface area contributed by atoms with Crippen LogP contribution in [-0.4, -0.2) is 23.3 Å². The fourth-order valence-corrected chi connectivity index (χ4v) is 3.41. The molecule has 0 saturated heterocycles. The summed E-state index contributed by atoms with van der Waals surface area (Å²) in [6, 6.07) is 4.99. The van der Waals surface area contributed by atoms with Crippen LogP contribution in [0.4, 0.5) is 4.39 Å². The summed E-state index contributed by atoms with van der Waals surface area (Å²) in [5.74, 6) is -0.580. The summed E-state index contributed by atoms with van der Waals surface area (Å²) in [6.07, 6.45) is 2.19. The second kappa shape index (κ2) is 5.70. The van der Waals surface area contributed by atoms with Crippen molar-refractivity contribution in [2.45, 2.75) is 26.8 Å². The first-order valence-corrected chi connectivity index (χ1v) is 8.87. The average Bonchev–Trinajstić information content (AvgIpc) is 2.69. The molecule has 0 spiro atoms. The molecule has 0 atom stereocenters. The van der Waals surface area contributed by atoms with E-state index in [0.29, 0.717) is 17.4 Å². The minimum Gasteiger partial charge on any atom is -0.347 e. The lowest BCUT2D eigenvalue weighted by atomic mass is 9.90. The third-order valence-corrected chi connectivity index (χ3v) is 4.78. The Bertz CT molecular complexity index is 768. The van der Waals surface area contributed by atoms with Crippen molar-refractivity contribution in [3.63, 3.8) is 0 Å². The molecule has 0 aliphatic heterocycles. The summed E-state index contributed by atoms with van der Waals surface area (Å²) in [4.78, 5) is 0. The van der Waals surface area contributed by atoms with E-state index in [4.69, 9.17) is 4.55 Å². The van der Waals surface area contributed by atoms with E-state index in [0.717, 1.165) is 10.9 Å². The molecule has 116 valence electrons. The highest BCUT2D eigenvalue weighted by molar-refractivity contribution is 9.10. The molecule has 1 aromatic heterocycles. The van der Waals surface area contributed by atoms with Gasteiger partial charge in [-0.2, -0.15) is 8.42 Å². The Morgan fingerprint density at radius 2 is 2.05 bits per heavy atom. The first-order chi connectivity index (χ1) is 9.57. The van der Waals surface area contributed by atoms with Crippen molar-refractivity contribution in [1.82, 2.24) is 4.57 Å². The summed E-state index contributed by atoms with van der Waals surface area (Å²) in [6.45, 7) is 4.44. The van der Waals surface area contributed by atoms with Crippen LogP contribution in [0.3, 0.4) is 0 Å². The molecular weight excluding hydrogens is 361 g/mol. The van der Waals surface area contributed by atoms with Crippen LogP contribution in [0.5, 0.6) is 0 Å². The van der Waals surface area contributed by atoms with Crippen LogP contribution in [0, 0.1) is 11.2 Å². The maximum absolute atomic E-state index is 13.5. The normalized spacial score (nSPS) is 13.0. The number of fused-ring (bicyclic) bond motifs is 1. The number of hydrogen-bond acceptors (Lipinski definition) is 2. The first kappa shape index (κ1) is 16.5. The van der Waals surface area contributed by atoms with Crippen LogP contribution in [0.1, 0.15) is 20.3 Å². The molecule has 0 unspecified atom stereocenters. The molecular formula is C14H17BrFNO3S. The fourth-order valence-electron chi connectivity index (χ4n) is 2.27. The van der Waals surface area contributed by atoms with Crippen LogP contribution in [-0.2, 0) is 16.7 Å². The van der Waals surface area contributed by atoms with Crippen molar-refractivity contribution < 1.29 is 17.4 Å².